The molecule has 0 spiro atoms. The van der Waals surface area contributed by atoms with Crippen LogP contribution in [0.15, 0.2) is 30.3 Å². The summed E-state index contributed by atoms with van der Waals surface area (Å²) in [7, 11) is 3.44. The molecular weight excluding hydrogens is 231 g/mol. The molecule has 0 unspecified atom stereocenters. The minimum absolute atomic E-state index is 0.0467. The first-order valence-electron chi connectivity index (χ1n) is 5.82. The van der Waals surface area contributed by atoms with Crippen molar-refractivity contribution in [1.29, 1.82) is 0 Å². The molecule has 0 bridgehead atoms. The van der Waals surface area contributed by atoms with E-state index < -0.39 is 0 Å². The molecule has 0 aliphatic carbocycles. The molecule has 0 saturated heterocycles. The van der Waals surface area contributed by atoms with Crippen molar-refractivity contribution < 1.29 is 9.18 Å². The van der Waals surface area contributed by atoms with Gasteiger partial charge in [-0.15, -0.1) is 0 Å². The molecule has 0 saturated carbocycles. The smallest absolute Gasteiger partial charge is 0.222 e. The van der Waals surface area contributed by atoms with E-state index in [0.29, 0.717) is 18.4 Å². The van der Waals surface area contributed by atoms with E-state index in [9.17, 15) is 9.18 Å². The lowest BCUT2D eigenvalue weighted by molar-refractivity contribution is -0.128. The van der Waals surface area contributed by atoms with Gasteiger partial charge >= 0.3 is 0 Å². The minimum atomic E-state index is -0.326. The van der Waals surface area contributed by atoms with Crippen molar-refractivity contribution in [2.24, 2.45) is 0 Å². The van der Waals surface area contributed by atoms with Crippen LogP contribution in [0.3, 0.4) is 0 Å². The van der Waals surface area contributed by atoms with Gasteiger partial charge in [-0.1, -0.05) is 18.2 Å². The molecule has 0 atom stereocenters. The van der Waals surface area contributed by atoms with E-state index in [1.165, 1.54) is 6.07 Å². The number of carbonyl (C=O) groups is 1. The van der Waals surface area contributed by atoms with Crippen LogP contribution >= 0.6 is 0 Å². The molecule has 1 aromatic carbocycles. The number of hydrogen-bond donors (Lipinski definition) is 0. The highest BCUT2D eigenvalue weighted by atomic mass is 19.1. The second-order valence-electron chi connectivity index (χ2n) is 4.40. The molecule has 2 rings (SSSR count). The standard InChI is InChI=1S/C14H15FN2O/c1-17(2)13(18)9-8-11-7-6-10-4-3-5-12(15)14(10)16-11/h3-7H,8-9H2,1-2H3. The number of para-hydroxylation sites is 1. The van der Waals surface area contributed by atoms with Gasteiger partial charge in [-0.3, -0.25) is 4.79 Å². The largest absolute Gasteiger partial charge is 0.349 e. The maximum Gasteiger partial charge on any atom is 0.222 e. The molecule has 2 aromatic rings. The number of fused-ring (bicyclic) bond motifs is 1. The lowest BCUT2D eigenvalue weighted by Gasteiger charge is -2.09. The van der Waals surface area contributed by atoms with E-state index in [1.807, 2.05) is 18.2 Å². The van der Waals surface area contributed by atoms with Gasteiger partial charge in [0.1, 0.15) is 11.3 Å². The minimum Gasteiger partial charge on any atom is -0.349 e. The predicted octanol–water partition coefficient (Wildman–Crippen LogP) is 2.39. The Hall–Kier alpha value is -1.97. The quantitative estimate of drug-likeness (QED) is 0.833. The highest BCUT2D eigenvalue weighted by Gasteiger charge is 2.07. The summed E-state index contributed by atoms with van der Waals surface area (Å²) < 4.78 is 13.6. The summed E-state index contributed by atoms with van der Waals surface area (Å²) in [5.41, 5.74) is 1.11. The SMILES string of the molecule is CN(C)C(=O)CCc1ccc2cccc(F)c2n1. The van der Waals surface area contributed by atoms with Crippen LogP contribution < -0.4 is 0 Å². The van der Waals surface area contributed by atoms with Gasteiger partial charge in [0.25, 0.3) is 0 Å². The van der Waals surface area contributed by atoms with E-state index in [-0.39, 0.29) is 11.7 Å². The zero-order valence-electron chi connectivity index (χ0n) is 10.5. The Balaban J connectivity index is 2.20. The fourth-order valence-electron chi connectivity index (χ4n) is 1.75. The molecule has 4 heteroatoms. The van der Waals surface area contributed by atoms with Crippen LogP contribution in [0, 0.1) is 5.82 Å². The van der Waals surface area contributed by atoms with Crippen molar-refractivity contribution in [2.75, 3.05) is 14.1 Å². The number of pyridine rings is 1. The first-order valence-corrected chi connectivity index (χ1v) is 5.82. The first kappa shape index (κ1) is 12.5. The summed E-state index contributed by atoms with van der Waals surface area (Å²) >= 11 is 0. The lowest BCUT2D eigenvalue weighted by atomic mass is 10.1. The second kappa shape index (κ2) is 5.12. The number of carbonyl (C=O) groups excluding carboxylic acids is 1. The lowest BCUT2D eigenvalue weighted by Crippen LogP contribution is -2.21. The fraction of sp³-hybridized carbons (Fsp3) is 0.286. The Morgan fingerprint density at radius 2 is 2.06 bits per heavy atom. The molecular formula is C14H15FN2O. The molecule has 0 fully saturated rings. The molecule has 18 heavy (non-hydrogen) atoms. The zero-order valence-corrected chi connectivity index (χ0v) is 10.5. The highest BCUT2D eigenvalue weighted by molar-refractivity contribution is 5.79. The summed E-state index contributed by atoms with van der Waals surface area (Å²) in [5.74, 6) is -0.279. The number of hydrogen-bond acceptors (Lipinski definition) is 2. The van der Waals surface area contributed by atoms with Gasteiger partial charge in [-0.05, 0) is 18.6 Å². The Kier molecular flexibility index (Phi) is 3.55. The summed E-state index contributed by atoms with van der Waals surface area (Å²) in [6, 6.07) is 8.55. The zero-order chi connectivity index (χ0) is 13.1. The third kappa shape index (κ3) is 2.64. The van der Waals surface area contributed by atoms with E-state index in [0.717, 1.165) is 11.1 Å². The van der Waals surface area contributed by atoms with Gasteiger partial charge in [0, 0.05) is 31.6 Å². The summed E-state index contributed by atoms with van der Waals surface area (Å²) in [5, 5.41) is 0.776. The molecule has 0 radical (unpaired) electrons. The number of halogens is 1. The van der Waals surface area contributed by atoms with Crippen LogP contribution in [0.1, 0.15) is 12.1 Å². The van der Waals surface area contributed by atoms with E-state index in [1.54, 1.807) is 25.1 Å². The number of nitrogens with zero attached hydrogens (tertiary/aromatic N) is 2. The molecule has 94 valence electrons. The van der Waals surface area contributed by atoms with Gasteiger partial charge in [0.2, 0.25) is 5.91 Å². The third-order valence-electron chi connectivity index (χ3n) is 2.82. The topological polar surface area (TPSA) is 33.2 Å². The van der Waals surface area contributed by atoms with Crippen LogP contribution in [0.4, 0.5) is 4.39 Å². The van der Waals surface area contributed by atoms with Crippen LogP contribution in [0.5, 0.6) is 0 Å². The van der Waals surface area contributed by atoms with Gasteiger partial charge in [0.15, 0.2) is 0 Å². The number of benzene rings is 1. The third-order valence-corrected chi connectivity index (χ3v) is 2.82. The molecule has 0 aliphatic heterocycles. The predicted molar refractivity (Wildman–Crippen MR) is 68.7 cm³/mol. The normalized spacial score (nSPS) is 10.6. The Labute approximate surface area is 105 Å². The van der Waals surface area contributed by atoms with Gasteiger partial charge in [-0.25, -0.2) is 9.37 Å². The Morgan fingerprint density at radius 1 is 1.28 bits per heavy atom. The summed E-state index contributed by atoms with van der Waals surface area (Å²) in [6.45, 7) is 0. The van der Waals surface area contributed by atoms with Gasteiger partial charge in [0.05, 0.1) is 0 Å². The molecule has 1 heterocycles. The molecule has 3 nitrogen and oxygen atoms in total. The van der Waals surface area contributed by atoms with Crippen molar-refractivity contribution in [3.63, 3.8) is 0 Å². The monoisotopic (exact) mass is 246 g/mol. The van der Waals surface area contributed by atoms with Crippen molar-refractivity contribution >= 4 is 16.8 Å². The maximum absolute atomic E-state index is 13.6. The van der Waals surface area contributed by atoms with Crippen molar-refractivity contribution in [2.45, 2.75) is 12.8 Å². The molecule has 1 aromatic heterocycles. The first-order chi connectivity index (χ1) is 8.58. The Morgan fingerprint density at radius 3 is 2.78 bits per heavy atom. The molecule has 0 N–H and O–H groups in total. The molecule has 0 aliphatic rings. The number of aromatic nitrogens is 1. The average molecular weight is 246 g/mol. The number of aryl methyl sites for hydroxylation is 1. The van der Waals surface area contributed by atoms with Crippen molar-refractivity contribution in [3.8, 4) is 0 Å². The summed E-state index contributed by atoms with van der Waals surface area (Å²) in [6.07, 6.45) is 0.918. The van der Waals surface area contributed by atoms with Crippen LogP contribution in [0.2, 0.25) is 0 Å². The van der Waals surface area contributed by atoms with Crippen molar-refractivity contribution in [1.82, 2.24) is 9.88 Å². The van der Waals surface area contributed by atoms with E-state index in [2.05, 4.69) is 4.98 Å². The van der Waals surface area contributed by atoms with Crippen LogP contribution in [-0.4, -0.2) is 29.9 Å². The molecule has 1 amide bonds. The van der Waals surface area contributed by atoms with Gasteiger partial charge < -0.3 is 4.90 Å². The highest BCUT2D eigenvalue weighted by Crippen LogP contribution is 2.16. The van der Waals surface area contributed by atoms with E-state index >= 15 is 0 Å². The van der Waals surface area contributed by atoms with E-state index in [4.69, 9.17) is 0 Å². The number of rotatable bonds is 3. The van der Waals surface area contributed by atoms with Gasteiger partial charge in [-0.2, -0.15) is 0 Å². The maximum atomic E-state index is 13.6. The Bertz CT molecular complexity index is 581. The summed E-state index contributed by atoms with van der Waals surface area (Å²) in [4.78, 5) is 17.3. The van der Waals surface area contributed by atoms with Crippen LogP contribution in [0.25, 0.3) is 10.9 Å². The fourth-order valence-corrected chi connectivity index (χ4v) is 1.75. The number of amides is 1. The second-order valence-corrected chi connectivity index (χ2v) is 4.40. The average Bonchev–Trinajstić information content (AvgIpc) is 2.36. The van der Waals surface area contributed by atoms with Crippen molar-refractivity contribution in [3.05, 3.63) is 41.8 Å². The van der Waals surface area contributed by atoms with Crippen LogP contribution in [-0.2, 0) is 11.2 Å².